The molecule has 1 nitrogen and oxygen atoms in total. The van der Waals surface area contributed by atoms with Crippen LogP contribution in [0.15, 0.2) is 72.5 Å². The average molecular weight is 207 g/mol. The molecule has 0 radical (unpaired) electrons. The van der Waals surface area contributed by atoms with Crippen LogP contribution in [0.4, 0.5) is 0 Å². The van der Waals surface area contributed by atoms with Gasteiger partial charge in [-0.2, -0.15) is 0 Å². The Morgan fingerprint density at radius 2 is 1.81 bits per heavy atom. The maximum Gasteiger partial charge on any atom is 0.0701 e. The minimum absolute atomic E-state index is 0.324. The Morgan fingerprint density at radius 1 is 0.938 bits per heavy atom. The van der Waals surface area contributed by atoms with E-state index in [1.165, 1.54) is 16.7 Å². The quantitative estimate of drug-likeness (QED) is 0.746. The van der Waals surface area contributed by atoms with Gasteiger partial charge in [0.15, 0.2) is 0 Å². The Kier molecular flexibility index (Phi) is 2.22. The van der Waals surface area contributed by atoms with Crippen LogP contribution < -0.4 is 5.32 Å². The lowest BCUT2D eigenvalue weighted by Crippen LogP contribution is -2.27. The molecule has 0 amide bonds. The summed E-state index contributed by atoms with van der Waals surface area (Å²) in [7, 11) is 0. The summed E-state index contributed by atoms with van der Waals surface area (Å²) in [5.74, 6) is 0. The highest BCUT2D eigenvalue weighted by Crippen LogP contribution is 2.27. The number of nitrogens with one attached hydrogen (secondary N) is 1. The van der Waals surface area contributed by atoms with Crippen LogP contribution in [-0.4, -0.2) is 6.04 Å². The fraction of sp³-hybridized carbons (Fsp3) is 0.0667. The summed E-state index contributed by atoms with van der Waals surface area (Å²) in [6, 6.07) is 10.8. The van der Waals surface area contributed by atoms with E-state index in [2.05, 4.69) is 60.0 Å². The molecule has 1 heteroatoms. The molecule has 1 aromatic carbocycles. The SMILES string of the molecule is C1=CC2=C(c3ccccc3)C=CNC2C=C1. The first kappa shape index (κ1) is 9.22. The molecular formula is C15H13N. The van der Waals surface area contributed by atoms with E-state index in [1.54, 1.807) is 0 Å². The van der Waals surface area contributed by atoms with Gasteiger partial charge < -0.3 is 5.32 Å². The third-order valence-electron chi connectivity index (χ3n) is 2.95. The van der Waals surface area contributed by atoms with E-state index >= 15 is 0 Å². The van der Waals surface area contributed by atoms with Gasteiger partial charge in [0.05, 0.1) is 6.04 Å². The van der Waals surface area contributed by atoms with Gasteiger partial charge in [0, 0.05) is 0 Å². The average Bonchev–Trinajstić information content (AvgIpc) is 2.39. The van der Waals surface area contributed by atoms with Crippen LogP contribution in [0, 0.1) is 0 Å². The first-order chi connectivity index (χ1) is 7.95. The molecule has 3 rings (SSSR count). The zero-order chi connectivity index (χ0) is 10.8. The van der Waals surface area contributed by atoms with Crippen molar-refractivity contribution < 1.29 is 0 Å². The van der Waals surface area contributed by atoms with E-state index in [9.17, 15) is 0 Å². The Morgan fingerprint density at radius 3 is 2.69 bits per heavy atom. The van der Waals surface area contributed by atoms with Crippen molar-refractivity contribution in [3.8, 4) is 0 Å². The van der Waals surface area contributed by atoms with Crippen molar-refractivity contribution in [1.82, 2.24) is 5.32 Å². The van der Waals surface area contributed by atoms with Gasteiger partial charge in [-0.1, -0.05) is 54.6 Å². The van der Waals surface area contributed by atoms with Crippen molar-refractivity contribution in [2.75, 3.05) is 0 Å². The lowest BCUT2D eigenvalue weighted by molar-refractivity contribution is 0.798. The van der Waals surface area contributed by atoms with Crippen molar-refractivity contribution in [2.24, 2.45) is 0 Å². The number of allylic oxidation sites excluding steroid dienone is 4. The number of fused-ring (bicyclic) bond motifs is 1. The summed E-state index contributed by atoms with van der Waals surface area (Å²) in [5.41, 5.74) is 3.93. The highest BCUT2D eigenvalue weighted by atomic mass is 14.9. The molecule has 1 aliphatic heterocycles. The molecule has 0 fully saturated rings. The van der Waals surface area contributed by atoms with Gasteiger partial charge in [-0.15, -0.1) is 0 Å². The highest BCUT2D eigenvalue weighted by Gasteiger charge is 2.17. The molecule has 0 bridgehead atoms. The molecule has 1 unspecified atom stereocenters. The molecule has 1 aromatic rings. The first-order valence-corrected chi connectivity index (χ1v) is 5.52. The van der Waals surface area contributed by atoms with E-state index in [0.29, 0.717) is 6.04 Å². The van der Waals surface area contributed by atoms with E-state index in [-0.39, 0.29) is 0 Å². The number of hydrogen-bond donors (Lipinski definition) is 1. The van der Waals surface area contributed by atoms with E-state index < -0.39 is 0 Å². The number of dihydropyridines is 1. The minimum atomic E-state index is 0.324. The number of rotatable bonds is 1. The lowest BCUT2D eigenvalue weighted by atomic mass is 9.90. The normalized spacial score (nSPS) is 21.9. The fourth-order valence-electron chi connectivity index (χ4n) is 2.16. The Bertz CT molecular complexity index is 503. The van der Waals surface area contributed by atoms with E-state index in [0.717, 1.165) is 0 Å². The molecule has 2 aliphatic rings. The number of hydrogen-bond acceptors (Lipinski definition) is 1. The van der Waals surface area contributed by atoms with Gasteiger partial charge in [0.1, 0.15) is 0 Å². The maximum absolute atomic E-state index is 3.34. The van der Waals surface area contributed by atoms with Crippen molar-refractivity contribution in [3.63, 3.8) is 0 Å². The van der Waals surface area contributed by atoms with Crippen molar-refractivity contribution in [1.29, 1.82) is 0 Å². The van der Waals surface area contributed by atoms with Gasteiger partial charge in [0.2, 0.25) is 0 Å². The fourth-order valence-corrected chi connectivity index (χ4v) is 2.16. The molecule has 1 aliphatic carbocycles. The molecular weight excluding hydrogens is 194 g/mol. The summed E-state index contributed by atoms with van der Waals surface area (Å²) in [4.78, 5) is 0. The summed E-state index contributed by atoms with van der Waals surface area (Å²) in [5, 5.41) is 3.34. The molecule has 78 valence electrons. The van der Waals surface area contributed by atoms with Crippen LogP contribution >= 0.6 is 0 Å². The molecule has 16 heavy (non-hydrogen) atoms. The molecule has 1 atom stereocenters. The van der Waals surface area contributed by atoms with Gasteiger partial charge in [0.25, 0.3) is 0 Å². The van der Waals surface area contributed by atoms with Crippen molar-refractivity contribution in [3.05, 3.63) is 78.0 Å². The maximum atomic E-state index is 3.34. The second-order valence-electron chi connectivity index (χ2n) is 3.96. The third kappa shape index (κ3) is 1.50. The first-order valence-electron chi connectivity index (χ1n) is 5.52. The van der Waals surface area contributed by atoms with Gasteiger partial charge in [-0.25, -0.2) is 0 Å². The molecule has 0 saturated carbocycles. The topological polar surface area (TPSA) is 12.0 Å². The van der Waals surface area contributed by atoms with Crippen molar-refractivity contribution >= 4 is 5.57 Å². The van der Waals surface area contributed by atoms with E-state index in [1.807, 2.05) is 12.3 Å². The Labute approximate surface area is 95.5 Å². The summed E-state index contributed by atoms with van der Waals surface area (Å²) in [6.45, 7) is 0. The second-order valence-corrected chi connectivity index (χ2v) is 3.96. The Hall–Kier alpha value is -2.02. The molecule has 0 saturated heterocycles. The second kappa shape index (κ2) is 3.86. The van der Waals surface area contributed by atoms with Crippen LogP contribution in [0.5, 0.6) is 0 Å². The van der Waals surface area contributed by atoms with Crippen LogP contribution in [0.25, 0.3) is 5.57 Å². The predicted molar refractivity (Wildman–Crippen MR) is 67.7 cm³/mol. The van der Waals surface area contributed by atoms with Gasteiger partial charge >= 0.3 is 0 Å². The standard InChI is InChI=1S/C15H13N/c1-2-6-12(7-3-1)13-10-11-16-15-9-5-4-8-14(13)15/h1-11,15-16H. The zero-order valence-corrected chi connectivity index (χ0v) is 8.93. The predicted octanol–water partition coefficient (Wildman–Crippen LogP) is 3.05. The molecule has 1 heterocycles. The summed E-state index contributed by atoms with van der Waals surface area (Å²) < 4.78 is 0. The summed E-state index contributed by atoms with van der Waals surface area (Å²) >= 11 is 0. The molecule has 0 spiro atoms. The number of benzene rings is 1. The zero-order valence-electron chi connectivity index (χ0n) is 8.93. The lowest BCUT2D eigenvalue weighted by Gasteiger charge is -2.24. The van der Waals surface area contributed by atoms with Gasteiger partial charge in [-0.3, -0.25) is 0 Å². The van der Waals surface area contributed by atoms with Crippen molar-refractivity contribution in [2.45, 2.75) is 6.04 Å². The van der Waals surface area contributed by atoms with Crippen LogP contribution in [0.2, 0.25) is 0 Å². The Balaban J connectivity index is 2.12. The largest absolute Gasteiger partial charge is 0.381 e. The monoisotopic (exact) mass is 207 g/mol. The third-order valence-corrected chi connectivity index (χ3v) is 2.95. The molecule has 0 aromatic heterocycles. The minimum Gasteiger partial charge on any atom is -0.381 e. The molecule has 1 N–H and O–H groups in total. The van der Waals surface area contributed by atoms with Crippen LogP contribution in [0.3, 0.4) is 0 Å². The highest BCUT2D eigenvalue weighted by molar-refractivity contribution is 5.81. The van der Waals surface area contributed by atoms with Crippen LogP contribution in [0.1, 0.15) is 5.56 Å². The van der Waals surface area contributed by atoms with E-state index in [4.69, 9.17) is 0 Å². The smallest absolute Gasteiger partial charge is 0.0701 e. The van der Waals surface area contributed by atoms with Gasteiger partial charge in [-0.05, 0) is 29.0 Å². The summed E-state index contributed by atoms with van der Waals surface area (Å²) in [6.07, 6.45) is 12.7. The van der Waals surface area contributed by atoms with Crippen LogP contribution in [-0.2, 0) is 0 Å².